The Morgan fingerprint density at radius 3 is 2.20 bits per heavy atom. The highest BCUT2D eigenvalue weighted by Gasteiger charge is 2.51. The van der Waals surface area contributed by atoms with Crippen LogP contribution in [0.1, 0.15) is 12.5 Å². The molecule has 1 fully saturated rings. The number of nitrogens with zero attached hydrogens (tertiary/aromatic N) is 1. The summed E-state index contributed by atoms with van der Waals surface area (Å²) in [5.41, 5.74) is 1.20. The third-order valence-electron chi connectivity index (χ3n) is 3.80. The van der Waals surface area contributed by atoms with E-state index in [0.29, 0.717) is 13.2 Å². The molecule has 1 amide bonds. The van der Waals surface area contributed by atoms with Crippen LogP contribution in [0.5, 0.6) is 0 Å². The van der Waals surface area contributed by atoms with Crippen molar-refractivity contribution in [3.63, 3.8) is 0 Å². The summed E-state index contributed by atoms with van der Waals surface area (Å²) in [5.74, 6) is 0.177. The first-order valence-corrected chi connectivity index (χ1v) is 7.03. The Balaban J connectivity index is 1.93. The van der Waals surface area contributed by atoms with Crippen LogP contribution in [-0.4, -0.2) is 50.3 Å². The lowest BCUT2D eigenvalue weighted by Gasteiger charge is -2.13. The van der Waals surface area contributed by atoms with E-state index < -0.39 is 0 Å². The molecule has 1 aromatic rings. The summed E-state index contributed by atoms with van der Waals surface area (Å²) < 4.78 is 10.3. The van der Waals surface area contributed by atoms with Crippen molar-refractivity contribution in [1.29, 1.82) is 0 Å². The summed E-state index contributed by atoms with van der Waals surface area (Å²) in [7, 11) is 3.33. The van der Waals surface area contributed by atoms with Gasteiger partial charge in [0.05, 0.1) is 25.3 Å². The number of carbonyl (C=O) groups is 1. The molecule has 1 heterocycles. The van der Waals surface area contributed by atoms with Crippen LogP contribution in [0.3, 0.4) is 0 Å². The van der Waals surface area contributed by atoms with Crippen LogP contribution in [0.15, 0.2) is 30.3 Å². The van der Waals surface area contributed by atoms with Crippen molar-refractivity contribution in [1.82, 2.24) is 4.90 Å². The van der Waals surface area contributed by atoms with Crippen molar-refractivity contribution in [2.24, 2.45) is 5.92 Å². The molecule has 2 rings (SSSR count). The van der Waals surface area contributed by atoms with Gasteiger partial charge in [-0.25, -0.2) is 0 Å². The molecular formula is C16H23NO3. The van der Waals surface area contributed by atoms with E-state index in [9.17, 15) is 4.79 Å². The Labute approximate surface area is 120 Å². The Kier molecular flexibility index (Phi) is 5.15. The van der Waals surface area contributed by atoms with Crippen LogP contribution in [0, 0.1) is 5.92 Å². The van der Waals surface area contributed by atoms with Gasteiger partial charge in [-0.15, -0.1) is 0 Å². The number of rotatable bonds is 7. The third kappa shape index (κ3) is 3.38. The van der Waals surface area contributed by atoms with E-state index in [4.69, 9.17) is 9.47 Å². The molecule has 3 atom stereocenters. The van der Waals surface area contributed by atoms with Crippen LogP contribution in [0.2, 0.25) is 0 Å². The molecule has 4 heteroatoms. The smallest absolute Gasteiger partial charge is 0.226 e. The van der Waals surface area contributed by atoms with Crippen molar-refractivity contribution in [3.8, 4) is 0 Å². The molecular weight excluding hydrogens is 254 g/mol. The minimum atomic E-state index is -0.0152. The number of amides is 1. The molecule has 0 bridgehead atoms. The highest BCUT2D eigenvalue weighted by molar-refractivity contribution is 5.82. The Morgan fingerprint density at radius 1 is 1.15 bits per heavy atom. The van der Waals surface area contributed by atoms with Crippen molar-refractivity contribution in [2.45, 2.75) is 25.4 Å². The molecule has 20 heavy (non-hydrogen) atoms. The number of methoxy groups -OCH3 is 2. The van der Waals surface area contributed by atoms with Crippen LogP contribution >= 0.6 is 0 Å². The van der Waals surface area contributed by atoms with Crippen LogP contribution in [0.25, 0.3) is 0 Å². The first kappa shape index (κ1) is 15.0. The molecule has 0 aliphatic carbocycles. The molecule has 1 saturated heterocycles. The first-order chi connectivity index (χ1) is 9.69. The molecule has 1 aliphatic heterocycles. The summed E-state index contributed by atoms with van der Waals surface area (Å²) >= 11 is 0. The second-order valence-electron chi connectivity index (χ2n) is 5.38. The Bertz CT molecular complexity index is 423. The zero-order chi connectivity index (χ0) is 14.5. The number of carbonyl (C=O) groups excluding carboxylic acids is 1. The summed E-state index contributed by atoms with van der Waals surface area (Å²) in [6.45, 7) is 3.15. The zero-order valence-corrected chi connectivity index (χ0v) is 12.4. The minimum Gasteiger partial charge on any atom is -0.382 e. The fourth-order valence-electron chi connectivity index (χ4n) is 2.70. The molecule has 0 saturated carbocycles. The lowest BCUT2D eigenvalue weighted by Crippen LogP contribution is -2.25. The summed E-state index contributed by atoms with van der Waals surface area (Å²) in [5, 5.41) is 0. The molecule has 0 N–H and O–H groups in total. The van der Waals surface area contributed by atoms with Gasteiger partial charge in [0.2, 0.25) is 5.91 Å². The zero-order valence-electron chi connectivity index (χ0n) is 12.4. The molecule has 0 spiro atoms. The lowest BCUT2D eigenvalue weighted by molar-refractivity contribution is -0.130. The molecule has 4 nitrogen and oxygen atoms in total. The second kappa shape index (κ2) is 6.86. The SMILES string of the molecule is COC[C@@H]1[C@@H](COC)N1C(=O)[C@@H](C)Cc1ccccc1. The van der Waals surface area contributed by atoms with Crippen molar-refractivity contribution in [3.05, 3.63) is 35.9 Å². The predicted octanol–water partition coefficient (Wildman–Crippen LogP) is 1.74. The summed E-state index contributed by atoms with van der Waals surface area (Å²) in [6.07, 6.45) is 0.773. The van der Waals surface area contributed by atoms with Gasteiger partial charge in [-0.2, -0.15) is 0 Å². The molecule has 0 radical (unpaired) electrons. The quantitative estimate of drug-likeness (QED) is 0.713. The fraction of sp³-hybridized carbons (Fsp3) is 0.562. The number of hydrogen-bond donors (Lipinski definition) is 0. The van der Waals surface area contributed by atoms with E-state index in [1.165, 1.54) is 5.56 Å². The van der Waals surface area contributed by atoms with E-state index in [0.717, 1.165) is 6.42 Å². The lowest BCUT2D eigenvalue weighted by atomic mass is 10.0. The van der Waals surface area contributed by atoms with Gasteiger partial charge in [-0.05, 0) is 12.0 Å². The van der Waals surface area contributed by atoms with Crippen LogP contribution < -0.4 is 0 Å². The van der Waals surface area contributed by atoms with E-state index >= 15 is 0 Å². The van der Waals surface area contributed by atoms with Crippen molar-refractivity contribution in [2.75, 3.05) is 27.4 Å². The fourth-order valence-corrected chi connectivity index (χ4v) is 2.70. The summed E-state index contributed by atoms with van der Waals surface area (Å²) in [6, 6.07) is 10.5. The van der Waals surface area contributed by atoms with Gasteiger partial charge >= 0.3 is 0 Å². The maximum atomic E-state index is 12.5. The first-order valence-electron chi connectivity index (χ1n) is 7.03. The standard InChI is InChI=1S/C16H23NO3/c1-12(9-13-7-5-4-6-8-13)16(18)17-14(10-19-2)15(17)11-20-3/h4-8,12,14-15H,9-11H2,1-3H3/t12-,14+,15+/m0/s1. The van der Waals surface area contributed by atoms with E-state index in [-0.39, 0.29) is 23.9 Å². The highest BCUT2D eigenvalue weighted by Crippen LogP contribution is 2.31. The van der Waals surface area contributed by atoms with Gasteiger partial charge in [0.1, 0.15) is 0 Å². The normalized spacial score (nSPS) is 22.6. The van der Waals surface area contributed by atoms with Gasteiger partial charge in [-0.1, -0.05) is 37.3 Å². The van der Waals surface area contributed by atoms with Gasteiger partial charge in [0, 0.05) is 20.1 Å². The van der Waals surface area contributed by atoms with Crippen molar-refractivity contribution >= 4 is 5.91 Å². The van der Waals surface area contributed by atoms with E-state index in [1.807, 2.05) is 30.0 Å². The summed E-state index contributed by atoms with van der Waals surface area (Å²) in [4.78, 5) is 14.4. The predicted molar refractivity (Wildman–Crippen MR) is 77.5 cm³/mol. The number of benzene rings is 1. The molecule has 0 aromatic heterocycles. The van der Waals surface area contributed by atoms with Crippen molar-refractivity contribution < 1.29 is 14.3 Å². The molecule has 110 valence electrons. The van der Waals surface area contributed by atoms with Gasteiger partial charge in [0.25, 0.3) is 0 Å². The third-order valence-corrected chi connectivity index (χ3v) is 3.80. The van der Waals surface area contributed by atoms with Gasteiger partial charge < -0.3 is 14.4 Å². The van der Waals surface area contributed by atoms with Crippen LogP contribution in [0.4, 0.5) is 0 Å². The van der Waals surface area contributed by atoms with Gasteiger partial charge in [-0.3, -0.25) is 4.79 Å². The largest absolute Gasteiger partial charge is 0.382 e. The maximum absolute atomic E-state index is 12.5. The molecule has 1 aromatic carbocycles. The van der Waals surface area contributed by atoms with E-state index in [1.54, 1.807) is 14.2 Å². The topological polar surface area (TPSA) is 38.5 Å². The average Bonchev–Trinajstić information content (AvgIpc) is 3.12. The van der Waals surface area contributed by atoms with Gasteiger partial charge in [0.15, 0.2) is 0 Å². The molecule has 0 unspecified atom stereocenters. The Hall–Kier alpha value is -1.39. The number of ether oxygens (including phenoxy) is 2. The van der Waals surface area contributed by atoms with E-state index in [2.05, 4.69) is 12.1 Å². The molecule has 1 aliphatic rings. The monoisotopic (exact) mass is 277 g/mol. The number of hydrogen-bond acceptors (Lipinski definition) is 3. The average molecular weight is 277 g/mol. The maximum Gasteiger partial charge on any atom is 0.226 e. The van der Waals surface area contributed by atoms with Crippen LogP contribution in [-0.2, 0) is 20.7 Å². The second-order valence-corrected chi connectivity index (χ2v) is 5.38. The minimum absolute atomic E-state index is 0.0152. The highest BCUT2D eigenvalue weighted by atomic mass is 16.5. The Morgan fingerprint density at radius 2 is 1.70 bits per heavy atom.